The SMILES string of the molecule is CCC1=C(C)C2=C(CCCC(=[Si](C)C)C2(C)C)[C]1(C1=CC=CC1)[Hf]([Cl])[Cl]. The Morgan fingerprint density at radius 2 is 1.88 bits per heavy atom. The minimum atomic E-state index is -2.87. The molecular weight excluding hydrogens is 542 g/mol. The Labute approximate surface area is 176 Å². The monoisotopic (exact) mass is 573 g/mol. The molecule has 0 heterocycles. The summed E-state index contributed by atoms with van der Waals surface area (Å²) in [6.45, 7) is 14.5. The second-order valence-electron chi connectivity index (χ2n) is 8.60. The van der Waals surface area contributed by atoms with Crippen molar-refractivity contribution in [3.8, 4) is 0 Å². The van der Waals surface area contributed by atoms with E-state index in [0.29, 0.717) is 0 Å². The summed E-state index contributed by atoms with van der Waals surface area (Å²) in [7, 11) is 13.7. The van der Waals surface area contributed by atoms with Crippen LogP contribution in [-0.2, 0) is 19.1 Å². The fourth-order valence-corrected chi connectivity index (χ4v) is 19.1. The maximum absolute atomic E-state index is 7.07. The van der Waals surface area contributed by atoms with Crippen LogP contribution in [0.3, 0.4) is 0 Å². The van der Waals surface area contributed by atoms with Crippen LogP contribution in [0, 0.1) is 5.41 Å². The summed E-state index contributed by atoms with van der Waals surface area (Å²) in [6.07, 6.45) is 12.6. The molecule has 0 fully saturated rings. The maximum atomic E-state index is 7.07. The summed E-state index contributed by atoms with van der Waals surface area (Å²) in [5.74, 6) is 0. The fourth-order valence-electron chi connectivity index (χ4n) is 5.96. The molecule has 0 spiro atoms. The van der Waals surface area contributed by atoms with E-state index >= 15 is 0 Å². The number of allylic oxidation sites excluding steroid dienone is 8. The van der Waals surface area contributed by atoms with Gasteiger partial charge in [0.05, 0.1) is 0 Å². The van der Waals surface area contributed by atoms with E-state index in [1.165, 1.54) is 30.4 Å². The molecule has 0 amide bonds. The van der Waals surface area contributed by atoms with Gasteiger partial charge in [-0.15, -0.1) is 0 Å². The van der Waals surface area contributed by atoms with Gasteiger partial charge in [0.15, 0.2) is 0 Å². The third-order valence-corrected chi connectivity index (χ3v) is 18.8. The Kier molecular flexibility index (Phi) is 6.30. The Balaban J connectivity index is 2.36. The van der Waals surface area contributed by atoms with Crippen molar-refractivity contribution in [2.75, 3.05) is 0 Å². The van der Waals surface area contributed by atoms with E-state index in [1.807, 2.05) is 0 Å². The molecule has 0 saturated carbocycles. The molecule has 0 aliphatic heterocycles. The second kappa shape index (κ2) is 7.73. The van der Waals surface area contributed by atoms with Gasteiger partial charge in [0, 0.05) is 0 Å². The van der Waals surface area contributed by atoms with Crippen LogP contribution in [0.4, 0.5) is 0 Å². The molecule has 26 heavy (non-hydrogen) atoms. The number of rotatable bonds is 3. The zero-order chi connectivity index (χ0) is 19.3. The van der Waals surface area contributed by atoms with Crippen molar-refractivity contribution in [2.45, 2.75) is 76.1 Å². The molecule has 3 aliphatic rings. The van der Waals surface area contributed by atoms with Crippen LogP contribution in [-0.4, -0.2) is 13.6 Å². The van der Waals surface area contributed by atoms with Gasteiger partial charge in [-0.05, 0) is 0 Å². The summed E-state index contributed by atoms with van der Waals surface area (Å²) >= 11 is -2.87. The van der Waals surface area contributed by atoms with Crippen molar-refractivity contribution in [2.24, 2.45) is 5.41 Å². The molecule has 1 atom stereocenters. The van der Waals surface area contributed by atoms with Gasteiger partial charge in [-0.1, -0.05) is 0 Å². The molecule has 0 aromatic heterocycles. The van der Waals surface area contributed by atoms with Gasteiger partial charge in [-0.3, -0.25) is 0 Å². The van der Waals surface area contributed by atoms with E-state index in [4.69, 9.17) is 17.2 Å². The van der Waals surface area contributed by atoms with E-state index in [1.54, 1.807) is 21.9 Å². The molecule has 141 valence electrons. The standard InChI is InChI=1S/C22H31Si.2ClH.Hf/c1-7-17-15(2)21-18(20(17)16-11-8-9-12-16)13-10-14-19(23(5)6)22(21,3)4;;;/h8-9,11H,7,10,12-14H2,1-6H3;2*1H;/q;;;+2/p-2. The van der Waals surface area contributed by atoms with Gasteiger partial charge in [-0.25, -0.2) is 0 Å². The van der Waals surface area contributed by atoms with Crippen LogP contribution >= 0.6 is 17.2 Å². The normalized spacial score (nSPS) is 27.7. The van der Waals surface area contributed by atoms with Crippen LogP contribution < -0.4 is 0 Å². The Hall–Kier alpha value is 0.497. The van der Waals surface area contributed by atoms with E-state index in [-0.39, 0.29) is 8.59 Å². The Morgan fingerprint density at radius 3 is 2.38 bits per heavy atom. The van der Waals surface area contributed by atoms with Crippen LogP contribution in [0.25, 0.3) is 0 Å². The van der Waals surface area contributed by atoms with Crippen molar-refractivity contribution in [3.63, 3.8) is 0 Å². The quantitative estimate of drug-likeness (QED) is 0.304. The molecule has 0 saturated heterocycles. The summed E-state index contributed by atoms with van der Waals surface area (Å²) in [6, 6.07) is 0. The van der Waals surface area contributed by atoms with E-state index in [9.17, 15) is 0 Å². The summed E-state index contributed by atoms with van der Waals surface area (Å²) < 4.78 is -0.0768. The molecule has 0 nitrogen and oxygen atoms in total. The first-order valence-electron chi connectivity index (χ1n) is 9.86. The third kappa shape index (κ3) is 2.97. The molecule has 0 bridgehead atoms. The number of halogens is 2. The van der Waals surface area contributed by atoms with Gasteiger partial charge in [0.2, 0.25) is 0 Å². The van der Waals surface area contributed by atoms with Crippen LogP contribution in [0.15, 0.2) is 46.1 Å². The van der Waals surface area contributed by atoms with Crippen LogP contribution in [0.5, 0.6) is 0 Å². The Morgan fingerprint density at radius 1 is 1.19 bits per heavy atom. The molecule has 0 radical (unpaired) electrons. The first kappa shape index (κ1) is 21.2. The average molecular weight is 573 g/mol. The molecule has 4 heteroatoms. The zero-order valence-corrected chi connectivity index (χ0v) is 23.1. The zero-order valence-electron chi connectivity index (χ0n) is 17.0. The number of hydrogen-bond donors (Lipinski definition) is 0. The van der Waals surface area contributed by atoms with Gasteiger partial charge in [0.25, 0.3) is 0 Å². The summed E-state index contributed by atoms with van der Waals surface area (Å²) in [5, 5.41) is 1.80. The fraction of sp³-hybridized carbons (Fsp3) is 0.591. The van der Waals surface area contributed by atoms with Gasteiger partial charge >= 0.3 is 177 Å². The van der Waals surface area contributed by atoms with Gasteiger partial charge < -0.3 is 0 Å². The van der Waals surface area contributed by atoms with Crippen molar-refractivity contribution in [1.29, 1.82) is 0 Å². The molecule has 0 aromatic carbocycles. The summed E-state index contributed by atoms with van der Waals surface area (Å²) in [5.41, 5.74) is 7.95. The molecule has 0 aromatic rings. The molecule has 1 unspecified atom stereocenters. The predicted molar refractivity (Wildman–Crippen MR) is 116 cm³/mol. The topological polar surface area (TPSA) is 0 Å². The molecule has 0 N–H and O–H groups in total. The minimum absolute atomic E-state index is 0.0768. The van der Waals surface area contributed by atoms with Crippen LogP contribution in [0.1, 0.15) is 59.8 Å². The predicted octanol–water partition coefficient (Wildman–Crippen LogP) is 7.71. The summed E-state index contributed by atoms with van der Waals surface area (Å²) in [4.78, 5) is 0. The first-order valence-corrected chi connectivity index (χ1v) is 23.1. The molecule has 3 rings (SSSR count). The van der Waals surface area contributed by atoms with Crippen molar-refractivity contribution < 1.29 is 19.1 Å². The second-order valence-corrected chi connectivity index (χ2v) is 23.5. The average Bonchev–Trinajstić information content (AvgIpc) is 3.12. The van der Waals surface area contributed by atoms with Gasteiger partial charge in [0.1, 0.15) is 0 Å². The molecular formula is C22H31Cl2HfSi. The molecule has 3 aliphatic carbocycles. The number of hydrogen-bond acceptors (Lipinski definition) is 0. The van der Waals surface area contributed by atoms with Crippen LogP contribution in [0.2, 0.25) is 16.3 Å². The van der Waals surface area contributed by atoms with Crippen molar-refractivity contribution >= 4 is 30.7 Å². The third-order valence-electron chi connectivity index (χ3n) is 6.76. The van der Waals surface area contributed by atoms with Crippen molar-refractivity contribution in [3.05, 3.63) is 46.1 Å². The first-order chi connectivity index (χ1) is 12.2. The van der Waals surface area contributed by atoms with E-state index in [2.05, 4.69) is 59.0 Å². The Bertz CT molecular complexity index is 776. The van der Waals surface area contributed by atoms with E-state index < -0.39 is 27.5 Å². The van der Waals surface area contributed by atoms with Crippen molar-refractivity contribution in [1.82, 2.24) is 0 Å². The van der Waals surface area contributed by atoms with Gasteiger partial charge in [-0.2, -0.15) is 0 Å². The van der Waals surface area contributed by atoms with E-state index in [0.717, 1.165) is 12.8 Å².